The molecule has 19 heavy (non-hydrogen) atoms. The molecule has 1 atom stereocenters. The van der Waals surface area contributed by atoms with Gasteiger partial charge in [-0.05, 0) is 42.7 Å². The molecule has 2 aromatic rings. The molecule has 0 saturated heterocycles. The van der Waals surface area contributed by atoms with Gasteiger partial charge in [-0.25, -0.2) is 0 Å². The molecular weight excluding hydrogens is 324 g/mol. The van der Waals surface area contributed by atoms with Gasteiger partial charge in [-0.1, -0.05) is 57.4 Å². The van der Waals surface area contributed by atoms with Gasteiger partial charge in [-0.2, -0.15) is 0 Å². The number of aryl methyl sites for hydroxylation is 2. The van der Waals surface area contributed by atoms with E-state index in [2.05, 4.69) is 48.0 Å². The van der Waals surface area contributed by atoms with E-state index in [4.69, 9.17) is 11.6 Å². The van der Waals surface area contributed by atoms with Crippen LogP contribution in [0.2, 0.25) is 5.02 Å². The smallest absolute Gasteiger partial charge is 0.0844 e. The van der Waals surface area contributed by atoms with E-state index in [1.807, 2.05) is 18.2 Å². The summed E-state index contributed by atoms with van der Waals surface area (Å²) in [5.74, 6) is 0. The summed E-state index contributed by atoms with van der Waals surface area (Å²) in [7, 11) is 0. The molecule has 3 heteroatoms. The topological polar surface area (TPSA) is 20.2 Å². The van der Waals surface area contributed by atoms with Crippen molar-refractivity contribution in [2.45, 2.75) is 26.4 Å². The van der Waals surface area contributed by atoms with E-state index in [9.17, 15) is 5.11 Å². The van der Waals surface area contributed by atoms with Gasteiger partial charge >= 0.3 is 0 Å². The first-order chi connectivity index (χ1) is 8.97. The summed E-state index contributed by atoms with van der Waals surface area (Å²) in [5, 5.41) is 11.0. The normalized spacial score (nSPS) is 12.5. The highest BCUT2D eigenvalue weighted by Crippen LogP contribution is 2.29. The Kier molecular flexibility index (Phi) is 4.67. The van der Waals surface area contributed by atoms with Crippen LogP contribution in [0.25, 0.3) is 0 Å². The van der Waals surface area contributed by atoms with Crippen LogP contribution in [0.15, 0.2) is 40.9 Å². The minimum absolute atomic E-state index is 0.578. The van der Waals surface area contributed by atoms with Crippen molar-refractivity contribution in [3.63, 3.8) is 0 Å². The Morgan fingerprint density at radius 2 is 1.89 bits per heavy atom. The van der Waals surface area contributed by atoms with Gasteiger partial charge in [0.25, 0.3) is 0 Å². The second-order valence-corrected chi connectivity index (χ2v) is 6.14. The molecule has 1 N–H and O–H groups in total. The number of aliphatic hydroxyl groups is 1. The minimum atomic E-state index is -0.582. The standard InChI is InChI=1S/C16H16BrClO/c1-10-3-4-11(2)12(7-10)8-16(19)14-6-5-13(17)9-15(14)18/h3-7,9,16,19H,8H2,1-2H3. The van der Waals surface area contributed by atoms with Crippen LogP contribution in [-0.2, 0) is 6.42 Å². The van der Waals surface area contributed by atoms with Crippen molar-refractivity contribution in [3.8, 4) is 0 Å². The number of halogens is 2. The molecule has 0 saturated carbocycles. The summed E-state index contributed by atoms with van der Waals surface area (Å²) in [4.78, 5) is 0. The SMILES string of the molecule is Cc1ccc(C)c(CC(O)c2ccc(Br)cc2Cl)c1. The van der Waals surface area contributed by atoms with Gasteiger partial charge in [0.05, 0.1) is 6.10 Å². The van der Waals surface area contributed by atoms with Crippen LogP contribution in [0.3, 0.4) is 0 Å². The summed E-state index contributed by atoms with van der Waals surface area (Å²) in [6.45, 7) is 4.12. The van der Waals surface area contributed by atoms with Crippen LogP contribution < -0.4 is 0 Å². The summed E-state index contributed by atoms with van der Waals surface area (Å²) >= 11 is 9.54. The lowest BCUT2D eigenvalue weighted by Gasteiger charge is -2.15. The van der Waals surface area contributed by atoms with E-state index in [0.717, 1.165) is 15.6 Å². The van der Waals surface area contributed by atoms with E-state index in [1.54, 1.807) is 0 Å². The quantitative estimate of drug-likeness (QED) is 0.834. The van der Waals surface area contributed by atoms with Crippen molar-refractivity contribution >= 4 is 27.5 Å². The van der Waals surface area contributed by atoms with Crippen molar-refractivity contribution in [1.29, 1.82) is 0 Å². The third kappa shape index (κ3) is 3.59. The summed E-state index contributed by atoms with van der Waals surface area (Å²) in [6, 6.07) is 11.8. The van der Waals surface area contributed by atoms with E-state index in [0.29, 0.717) is 11.4 Å². The Morgan fingerprint density at radius 1 is 1.16 bits per heavy atom. The molecule has 1 nitrogen and oxygen atoms in total. The molecule has 0 heterocycles. The van der Waals surface area contributed by atoms with E-state index in [1.165, 1.54) is 11.1 Å². The maximum atomic E-state index is 10.4. The van der Waals surface area contributed by atoms with Crippen LogP contribution in [-0.4, -0.2) is 5.11 Å². The lowest BCUT2D eigenvalue weighted by molar-refractivity contribution is 0.178. The van der Waals surface area contributed by atoms with Gasteiger partial charge in [-0.15, -0.1) is 0 Å². The van der Waals surface area contributed by atoms with Gasteiger partial charge in [0.15, 0.2) is 0 Å². The predicted molar refractivity (Wildman–Crippen MR) is 83.7 cm³/mol. The maximum Gasteiger partial charge on any atom is 0.0844 e. The monoisotopic (exact) mass is 338 g/mol. The molecule has 1 unspecified atom stereocenters. The summed E-state index contributed by atoms with van der Waals surface area (Å²) in [5.41, 5.74) is 4.32. The highest BCUT2D eigenvalue weighted by Gasteiger charge is 2.13. The summed E-state index contributed by atoms with van der Waals surface area (Å²) in [6.07, 6.45) is -0.00408. The fraction of sp³-hybridized carbons (Fsp3) is 0.250. The highest BCUT2D eigenvalue weighted by molar-refractivity contribution is 9.10. The first-order valence-electron chi connectivity index (χ1n) is 6.16. The van der Waals surface area contributed by atoms with E-state index in [-0.39, 0.29) is 0 Å². The Labute approximate surface area is 127 Å². The Balaban J connectivity index is 2.25. The van der Waals surface area contributed by atoms with Gasteiger partial charge < -0.3 is 5.11 Å². The molecule has 0 aromatic heterocycles. The first-order valence-corrected chi connectivity index (χ1v) is 7.33. The molecule has 2 rings (SSSR count). The number of hydrogen-bond donors (Lipinski definition) is 1. The number of aliphatic hydroxyl groups excluding tert-OH is 1. The van der Waals surface area contributed by atoms with E-state index < -0.39 is 6.10 Å². The van der Waals surface area contributed by atoms with Crippen molar-refractivity contribution < 1.29 is 5.11 Å². The molecule has 100 valence electrons. The molecule has 0 fully saturated rings. The zero-order valence-electron chi connectivity index (χ0n) is 11.0. The lowest BCUT2D eigenvalue weighted by atomic mass is 9.97. The van der Waals surface area contributed by atoms with Crippen LogP contribution in [0, 0.1) is 13.8 Å². The predicted octanol–water partition coefficient (Wildman–Crippen LogP) is 5.00. The highest BCUT2D eigenvalue weighted by atomic mass is 79.9. The van der Waals surface area contributed by atoms with Crippen molar-refractivity contribution in [1.82, 2.24) is 0 Å². The molecule has 0 amide bonds. The number of benzene rings is 2. The van der Waals surface area contributed by atoms with Gasteiger partial charge in [0.2, 0.25) is 0 Å². The largest absolute Gasteiger partial charge is 0.388 e. The van der Waals surface area contributed by atoms with Crippen molar-refractivity contribution in [2.75, 3.05) is 0 Å². The lowest BCUT2D eigenvalue weighted by Crippen LogP contribution is -2.04. The fourth-order valence-electron chi connectivity index (χ4n) is 2.11. The average molecular weight is 340 g/mol. The second kappa shape index (κ2) is 6.08. The fourth-order valence-corrected chi connectivity index (χ4v) is 2.91. The zero-order valence-corrected chi connectivity index (χ0v) is 13.3. The number of hydrogen-bond acceptors (Lipinski definition) is 1. The van der Waals surface area contributed by atoms with Crippen molar-refractivity contribution in [2.24, 2.45) is 0 Å². The molecule has 0 spiro atoms. The van der Waals surface area contributed by atoms with E-state index >= 15 is 0 Å². The zero-order chi connectivity index (χ0) is 14.0. The molecule has 2 aromatic carbocycles. The van der Waals surface area contributed by atoms with Crippen LogP contribution >= 0.6 is 27.5 Å². The number of rotatable bonds is 3. The van der Waals surface area contributed by atoms with Crippen LogP contribution in [0.4, 0.5) is 0 Å². The Bertz CT molecular complexity index is 595. The minimum Gasteiger partial charge on any atom is -0.388 e. The second-order valence-electron chi connectivity index (χ2n) is 4.82. The third-order valence-electron chi connectivity index (χ3n) is 3.24. The summed E-state index contributed by atoms with van der Waals surface area (Å²) < 4.78 is 0.917. The van der Waals surface area contributed by atoms with Crippen LogP contribution in [0.1, 0.15) is 28.4 Å². The molecule has 0 bridgehead atoms. The van der Waals surface area contributed by atoms with Crippen molar-refractivity contribution in [3.05, 3.63) is 68.1 Å². The molecule has 0 radical (unpaired) electrons. The molecule has 0 aliphatic heterocycles. The van der Waals surface area contributed by atoms with Crippen LogP contribution in [0.5, 0.6) is 0 Å². The maximum absolute atomic E-state index is 10.4. The molecule has 0 aliphatic rings. The molecular formula is C16H16BrClO. The average Bonchev–Trinajstić information content (AvgIpc) is 2.33. The van der Waals surface area contributed by atoms with Gasteiger partial charge in [0, 0.05) is 15.9 Å². The van der Waals surface area contributed by atoms with Gasteiger partial charge in [-0.3, -0.25) is 0 Å². The van der Waals surface area contributed by atoms with Gasteiger partial charge in [0.1, 0.15) is 0 Å². The Morgan fingerprint density at radius 3 is 2.58 bits per heavy atom. The molecule has 0 aliphatic carbocycles. The first kappa shape index (κ1) is 14.6. The third-order valence-corrected chi connectivity index (χ3v) is 4.06. The Hall–Kier alpha value is -0.830.